The minimum atomic E-state index is -0.844. The van der Waals surface area contributed by atoms with Crippen molar-refractivity contribution in [2.24, 2.45) is 11.8 Å². The Hall–Kier alpha value is -3.62. The van der Waals surface area contributed by atoms with E-state index in [1.54, 1.807) is 12.4 Å². The molecule has 1 aliphatic heterocycles. The van der Waals surface area contributed by atoms with E-state index in [9.17, 15) is 19.2 Å². The molecule has 1 aliphatic rings. The summed E-state index contributed by atoms with van der Waals surface area (Å²) in [7, 11) is 0. The number of ketones is 2. The van der Waals surface area contributed by atoms with Crippen molar-refractivity contribution in [2.45, 2.75) is 65.0 Å². The van der Waals surface area contributed by atoms with Gasteiger partial charge in [-0.2, -0.15) is 10.2 Å². The average Bonchev–Trinajstić information content (AvgIpc) is 2.88. The number of Topliss-reactive ketones (excluding diaryl/α,β-unsaturated/α-hetero) is 2. The summed E-state index contributed by atoms with van der Waals surface area (Å²) in [5.41, 5.74) is 2.87. The lowest BCUT2D eigenvalue weighted by Crippen LogP contribution is -2.46. The first-order valence-corrected chi connectivity index (χ1v) is 12.5. The monoisotopic (exact) mass is 494 g/mol. The molecule has 0 fully saturated rings. The number of aromatic nitrogens is 2. The number of alkyl carbamates (subject to hydrolysis) is 1. The average molecular weight is 495 g/mol. The van der Waals surface area contributed by atoms with Gasteiger partial charge in [0.15, 0.2) is 5.78 Å². The number of carbonyl (C=O) groups excluding carboxylic acids is 4. The standard InChI is InChI=1S/C27H34N4O5/c1-18(2)24(31-27(35)36-17-19-8-4-3-5-9-19)23(32)14-20-11-12-22-16-30-29-15-21(22)10-6-7-13-28-26(34)25(20)33/h3-5,8-9,15-16,18,20,24H,6-7,10-14,17H2,1-2H3,(H,28,34)(H,31,35). The second-order valence-electron chi connectivity index (χ2n) is 9.45. The first-order valence-electron chi connectivity index (χ1n) is 12.5. The summed E-state index contributed by atoms with van der Waals surface area (Å²) in [6.07, 6.45) is 5.78. The molecule has 3 rings (SSSR count). The molecule has 2 aromatic rings. The van der Waals surface area contributed by atoms with Crippen molar-refractivity contribution in [2.75, 3.05) is 6.54 Å². The quantitative estimate of drug-likeness (QED) is 0.567. The number of hydrogen-bond donors (Lipinski definition) is 2. The van der Waals surface area contributed by atoms with E-state index < -0.39 is 29.7 Å². The molecule has 0 aliphatic carbocycles. The van der Waals surface area contributed by atoms with Crippen LogP contribution < -0.4 is 10.6 Å². The normalized spacial score (nSPS) is 17.7. The van der Waals surface area contributed by atoms with Crippen LogP contribution in [0.4, 0.5) is 4.79 Å². The number of hydrogen-bond acceptors (Lipinski definition) is 7. The van der Waals surface area contributed by atoms with E-state index >= 15 is 0 Å². The highest BCUT2D eigenvalue weighted by atomic mass is 16.5. The van der Waals surface area contributed by atoms with Crippen LogP contribution >= 0.6 is 0 Å². The Morgan fingerprint density at radius 2 is 1.75 bits per heavy atom. The minimum absolute atomic E-state index is 0.0786. The molecule has 1 aromatic heterocycles. The molecular formula is C27H34N4O5. The zero-order chi connectivity index (χ0) is 25.9. The molecule has 9 nitrogen and oxygen atoms in total. The third-order valence-electron chi connectivity index (χ3n) is 6.37. The Labute approximate surface area is 211 Å². The molecule has 0 bridgehead atoms. The van der Waals surface area contributed by atoms with Gasteiger partial charge in [0, 0.05) is 18.9 Å². The van der Waals surface area contributed by atoms with Gasteiger partial charge in [-0.05, 0) is 54.7 Å². The zero-order valence-corrected chi connectivity index (χ0v) is 20.9. The molecule has 0 saturated carbocycles. The van der Waals surface area contributed by atoms with Gasteiger partial charge in [0.25, 0.3) is 5.91 Å². The van der Waals surface area contributed by atoms with Gasteiger partial charge in [0.2, 0.25) is 5.78 Å². The molecule has 192 valence electrons. The summed E-state index contributed by atoms with van der Waals surface area (Å²) < 4.78 is 5.27. The van der Waals surface area contributed by atoms with Gasteiger partial charge in [-0.25, -0.2) is 4.79 Å². The predicted molar refractivity (Wildman–Crippen MR) is 133 cm³/mol. The fraction of sp³-hybridized carbons (Fsp3) is 0.481. The molecule has 0 spiro atoms. The summed E-state index contributed by atoms with van der Waals surface area (Å²) in [4.78, 5) is 51.1. The molecule has 1 aromatic carbocycles. The molecule has 36 heavy (non-hydrogen) atoms. The third-order valence-corrected chi connectivity index (χ3v) is 6.37. The maximum atomic E-state index is 13.3. The molecule has 0 radical (unpaired) electrons. The fourth-order valence-corrected chi connectivity index (χ4v) is 4.27. The molecule has 0 saturated heterocycles. The Bertz CT molecular complexity index is 1060. The molecular weight excluding hydrogens is 460 g/mol. The molecule has 2 N–H and O–H groups in total. The number of nitrogens with one attached hydrogen (secondary N) is 2. The van der Waals surface area contributed by atoms with E-state index in [0.717, 1.165) is 36.0 Å². The Balaban J connectivity index is 1.68. The van der Waals surface area contributed by atoms with E-state index in [1.165, 1.54) is 0 Å². The molecule has 2 atom stereocenters. The third kappa shape index (κ3) is 7.96. The lowest BCUT2D eigenvalue weighted by atomic mass is 9.86. The van der Waals surface area contributed by atoms with Gasteiger partial charge in [-0.3, -0.25) is 14.4 Å². The smallest absolute Gasteiger partial charge is 0.408 e. The van der Waals surface area contributed by atoms with Crippen LogP contribution in [0.15, 0.2) is 42.7 Å². The number of carbonyl (C=O) groups is 4. The van der Waals surface area contributed by atoms with Gasteiger partial charge < -0.3 is 15.4 Å². The van der Waals surface area contributed by atoms with Crippen molar-refractivity contribution in [1.29, 1.82) is 0 Å². The van der Waals surface area contributed by atoms with Crippen LogP contribution in [-0.4, -0.2) is 46.4 Å². The minimum Gasteiger partial charge on any atom is -0.445 e. The second kappa shape index (κ2) is 13.5. The second-order valence-corrected chi connectivity index (χ2v) is 9.45. The van der Waals surface area contributed by atoms with Crippen LogP contribution in [0.2, 0.25) is 0 Å². The summed E-state index contributed by atoms with van der Waals surface area (Å²) in [5, 5.41) is 13.3. The highest BCUT2D eigenvalue weighted by molar-refractivity contribution is 6.37. The summed E-state index contributed by atoms with van der Waals surface area (Å²) in [6.45, 7) is 4.09. The molecule has 2 amide bonds. The van der Waals surface area contributed by atoms with E-state index in [0.29, 0.717) is 19.4 Å². The van der Waals surface area contributed by atoms with Crippen molar-refractivity contribution in [3.05, 3.63) is 59.4 Å². The maximum Gasteiger partial charge on any atom is 0.408 e. The van der Waals surface area contributed by atoms with E-state index in [4.69, 9.17) is 4.74 Å². The summed E-state index contributed by atoms with van der Waals surface area (Å²) in [6, 6.07) is 8.39. The van der Waals surface area contributed by atoms with Crippen molar-refractivity contribution in [3.63, 3.8) is 0 Å². The van der Waals surface area contributed by atoms with Crippen LogP contribution in [0.1, 0.15) is 56.2 Å². The number of aryl methyl sites for hydroxylation is 2. The van der Waals surface area contributed by atoms with Gasteiger partial charge in [-0.1, -0.05) is 44.2 Å². The number of benzene rings is 1. The highest BCUT2D eigenvalue weighted by Gasteiger charge is 2.32. The van der Waals surface area contributed by atoms with Crippen molar-refractivity contribution >= 4 is 23.6 Å². The van der Waals surface area contributed by atoms with Gasteiger partial charge in [0.05, 0.1) is 18.4 Å². The van der Waals surface area contributed by atoms with Crippen LogP contribution in [0.5, 0.6) is 0 Å². The van der Waals surface area contributed by atoms with Crippen LogP contribution in [0, 0.1) is 11.8 Å². The van der Waals surface area contributed by atoms with Crippen molar-refractivity contribution < 1.29 is 23.9 Å². The lowest BCUT2D eigenvalue weighted by Gasteiger charge is -2.23. The first kappa shape index (κ1) is 27.0. The number of ether oxygens (including phenoxy) is 1. The SMILES string of the molecule is CC(C)C(NC(=O)OCc1ccccc1)C(=O)CC1CCc2cnncc2CCCCNC(=O)C1=O. The van der Waals surface area contributed by atoms with Crippen LogP contribution in [0.3, 0.4) is 0 Å². The predicted octanol–water partition coefficient (Wildman–Crippen LogP) is 2.96. The van der Waals surface area contributed by atoms with Crippen LogP contribution in [-0.2, 0) is 38.6 Å². The van der Waals surface area contributed by atoms with E-state index in [-0.39, 0.29) is 24.7 Å². The van der Waals surface area contributed by atoms with Crippen molar-refractivity contribution in [1.82, 2.24) is 20.8 Å². The fourth-order valence-electron chi connectivity index (χ4n) is 4.27. The van der Waals surface area contributed by atoms with Gasteiger partial charge in [-0.15, -0.1) is 0 Å². The number of fused-ring (bicyclic) bond motifs is 1. The maximum absolute atomic E-state index is 13.3. The van der Waals surface area contributed by atoms with Crippen LogP contribution in [0.25, 0.3) is 0 Å². The molecule has 9 heteroatoms. The highest BCUT2D eigenvalue weighted by Crippen LogP contribution is 2.21. The summed E-state index contributed by atoms with van der Waals surface area (Å²) >= 11 is 0. The lowest BCUT2D eigenvalue weighted by molar-refractivity contribution is -0.141. The van der Waals surface area contributed by atoms with Crippen molar-refractivity contribution in [3.8, 4) is 0 Å². The zero-order valence-electron chi connectivity index (χ0n) is 20.9. The molecule has 2 unspecified atom stereocenters. The van der Waals surface area contributed by atoms with E-state index in [1.807, 2.05) is 44.2 Å². The number of amides is 2. The first-order chi connectivity index (χ1) is 17.3. The largest absolute Gasteiger partial charge is 0.445 e. The van der Waals surface area contributed by atoms with Gasteiger partial charge >= 0.3 is 6.09 Å². The van der Waals surface area contributed by atoms with E-state index in [2.05, 4.69) is 20.8 Å². The number of rotatable bonds is 7. The van der Waals surface area contributed by atoms with Gasteiger partial charge in [0.1, 0.15) is 6.61 Å². The summed E-state index contributed by atoms with van der Waals surface area (Å²) in [5.74, 6) is -2.62. The molecule has 2 heterocycles. The topological polar surface area (TPSA) is 127 Å². The Morgan fingerprint density at radius 1 is 1.06 bits per heavy atom. The Morgan fingerprint density at radius 3 is 2.44 bits per heavy atom. The Kier molecular flexibility index (Phi) is 10.1. The number of nitrogens with zero attached hydrogens (tertiary/aromatic N) is 2.